The lowest BCUT2D eigenvalue weighted by atomic mass is 10.2. The van der Waals surface area contributed by atoms with Crippen molar-refractivity contribution in [1.82, 2.24) is 0 Å². The molecule has 3 nitrogen and oxygen atoms in total. The van der Waals surface area contributed by atoms with Crippen LogP contribution >= 0.6 is 12.2 Å². The molecule has 2 N–H and O–H groups in total. The summed E-state index contributed by atoms with van der Waals surface area (Å²) in [4.78, 5) is -0.127. The van der Waals surface area contributed by atoms with Crippen molar-refractivity contribution in [3.8, 4) is 6.07 Å². The van der Waals surface area contributed by atoms with Gasteiger partial charge in [0.1, 0.15) is 34.0 Å². The van der Waals surface area contributed by atoms with Gasteiger partial charge in [-0.05, 0) is 19.1 Å². The lowest BCUT2D eigenvalue weighted by Gasteiger charge is -2.08. The second-order valence-electron chi connectivity index (χ2n) is 3.15. The van der Waals surface area contributed by atoms with Crippen molar-refractivity contribution in [2.75, 3.05) is 5.32 Å². The Bertz CT molecular complexity index is 531. The number of nitrogens with one attached hydrogen (secondary N) is 1. The van der Waals surface area contributed by atoms with Gasteiger partial charge in [-0.3, -0.25) is 0 Å². The molecule has 0 unspecified atom stereocenters. The third kappa shape index (κ3) is 3.23. The van der Waals surface area contributed by atoms with Gasteiger partial charge in [0.05, 0.1) is 5.69 Å². The van der Waals surface area contributed by atoms with E-state index in [-0.39, 0.29) is 22.0 Å². The summed E-state index contributed by atoms with van der Waals surface area (Å²) in [6.45, 7) is 1.29. The van der Waals surface area contributed by atoms with Crippen molar-refractivity contribution in [1.29, 1.82) is 5.26 Å². The van der Waals surface area contributed by atoms with Crippen LogP contribution in [-0.2, 0) is 0 Å². The molecule has 17 heavy (non-hydrogen) atoms. The van der Waals surface area contributed by atoms with Crippen LogP contribution in [0.2, 0.25) is 0 Å². The molecule has 0 spiro atoms. The molecule has 0 heterocycles. The molecule has 0 atom stereocenters. The molecule has 0 saturated carbocycles. The van der Waals surface area contributed by atoms with Crippen LogP contribution in [0.4, 0.5) is 14.5 Å². The molecular formula is C11H8F2N2OS. The van der Waals surface area contributed by atoms with Crippen LogP contribution in [0, 0.1) is 23.0 Å². The number of rotatable bonds is 2. The fourth-order valence-electron chi connectivity index (χ4n) is 1.07. The zero-order valence-corrected chi connectivity index (χ0v) is 9.61. The molecule has 0 radical (unpaired) electrons. The van der Waals surface area contributed by atoms with Gasteiger partial charge in [0.25, 0.3) is 0 Å². The summed E-state index contributed by atoms with van der Waals surface area (Å²) in [5.41, 5.74) is -0.228. The molecule has 0 aliphatic rings. The number of nitrogens with zero attached hydrogens (tertiary/aromatic N) is 1. The van der Waals surface area contributed by atoms with Crippen molar-refractivity contribution in [3.63, 3.8) is 0 Å². The van der Waals surface area contributed by atoms with Crippen LogP contribution in [0.15, 0.2) is 29.5 Å². The van der Waals surface area contributed by atoms with E-state index >= 15 is 0 Å². The summed E-state index contributed by atoms with van der Waals surface area (Å²) in [7, 11) is 0. The molecule has 1 aromatic carbocycles. The van der Waals surface area contributed by atoms with Crippen LogP contribution in [0.1, 0.15) is 6.92 Å². The molecule has 0 fully saturated rings. The van der Waals surface area contributed by atoms with Gasteiger partial charge in [-0.25, -0.2) is 8.78 Å². The van der Waals surface area contributed by atoms with Gasteiger partial charge in [-0.1, -0.05) is 12.2 Å². The standard InChI is InChI=1S/C11H8F2N2OS/c1-6(16)8(5-14)11(17)15-10-3-2-7(12)4-9(10)13/h2-4,16H,1H3,(H,15,17). The van der Waals surface area contributed by atoms with Gasteiger partial charge < -0.3 is 10.4 Å². The fraction of sp³-hybridized carbons (Fsp3) is 0.0909. The fourth-order valence-corrected chi connectivity index (χ4v) is 1.37. The van der Waals surface area contributed by atoms with E-state index in [9.17, 15) is 8.78 Å². The predicted octanol–water partition coefficient (Wildman–Crippen LogP) is 3.06. The van der Waals surface area contributed by atoms with E-state index in [1.54, 1.807) is 6.07 Å². The summed E-state index contributed by atoms with van der Waals surface area (Å²) in [6, 6.07) is 4.57. The van der Waals surface area contributed by atoms with Crippen LogP contribution in [0.5, 0.6) is 0 Å². The van der Waals surface area contributed by atoms with Crippen LogP contribution < -0.4 is 5.32 Å². The predicted molar refractivity (Wildman–Crippen MR) is 63.5 cm³/mol. The van der Waals surface area contributed by atoms with Crippen molar-refractivity contribution < 1.29 is 13.9 Å². The van der Waals surface area contributed by atoms with Gasteiger partial charge in [0.15, 0.2) is 0 Å². The molecule has 0 bridgehead atoms. The van der Waals surface area contributed by atoms with Crippen molar-refractivity contribution in [3.05, 3.63) is 41.2 Å². The Morgan fingerprint density at radius 2 is 2.12 bits per heavy atom. The maximum Gasteiger partial charge on any atom is 0.149 e. The third-order valence-corrected chi connectivity index (χ3v) is 2.19. The van der Waals surface area contributed by atoms with Gasteiger partial charge >= 0.3 is 0 Å². The Morgan fingerprint density at radius 3 is 2.59 bits per heavy atom. The Labute approximate surface area is 102 Å². The first-order chi connectivity index (χ1) is 7.95. The lowest BCUT2D eigenvalue weighted by Crippen LogP contribution is -2.13. The Hall–Kier alpha value is -2.00. The number of thiocarbonyl (C=S) groups is 1. The van der Waals surface area contributed by atoms with Crippen LogP contribution in [0.3, 0.4) is 0 Å². The number of hydrogen-bond donors (Lipinski definition) is 2. The minimum absolute atomic E-state index is 0.0644. The third-order valence-electron chi connectivity index (χ3n) is 1.88. The van der Waals surface area contributed by atoms with E-state index in [0.29, 0.717) is 6.07 Å². The number of halogens is 2. The highest BCUT2D eigenvalue weighted by Gasteiger charge is 2.11. The molecular weight excluding hydrogens is 246 g/mol. The van der Waals surface area contributed by atoms with Gasteiger partial charge in [0, 0.05) is 6.07 Å². The van der Waals surface area contributed by atoms with E-state index < -0.39 is 11.6 Å². The summed E-state index contributed by atoms with van der Waals surface area (Å²) < 4.78 is 25.9. The second kappa shape index (κ2) is 5.37. The topological polar surface area (TPSA) is 56.0 Å². The number of nitriles is 1. The smallest absolute Gasteiger partial charge is 0.149 e. The van der Waals surface area contributed by atoms with E-state index in [2.05, 4.69) is 5.32 Å². The zero-order chi connectivity index (χ0) is 13.0. The molecule has 1 aromatic rings. The first-order valence-corrected chi connectivity index (χ1v) is 4.93. The van der Waals surface area contributed by atoms with E-state index in [1.807, 2.05) is 0 Å². The normalized spacial score (nSPS) is 11.4. The highest BCUT2D eigenvalue weighted by atomic mass is 32.1. The minimum atomic E-state index is -0.833. The Kier molecular flexibility index (Phi) is 4.12. The molecule has 0 aliphatic carbocycles. The summed E-state index contributed by atoms with van der Waals surface area (Å²) in [6.07, 6.45) is 0. The zero-order valence-electron chi connectivity index (χ0n) is 8.79. The van der Waals surface area contributed by atoms with E-state index in [0.717, 1.165) is 12.1 Å². The second-order valence-corrected chi connectivity index (χ2v) is 3.56. The molecule has 0 amide bonds. The number of aliphatic hydroxyl groups excluding tert-OH is 1. The molecule has 0 aromatic heterocycles. The highest BCUT2D eigenvalue weighted by molar-refractivity contribution is 7.81. The maximum absolute atomic E-state index is 13.3. The Morgan fingerprint density at radius 1 is 1.47 bits per heavy atom. The number of allylic oxidation sites excluding steroid dienone is 1. The van der Waals surface area contributed by atoms with Crippen LogP contribution in [-0.4, -0.2) is 10.1 Å². The molecule has 88 valence electrons. The average molecular weight is 254 g/mol. The van der Waals surface area contributed by atoms with Crippen molar-refractivity contribution in [2.45, 2.75) is 6.92 Å². The first-order valence-electron chi connectivity index (χ1n) is 4.52. The molecule has 0 saturated heterocycles. The first kappa shape index (κ1) is 13.1. The number of benzene rings is 1. The molecule has 1 rings (SSSR count). The largest absolute Gasteiger partial charge is 0.511 e. The lowest BCUT2D eigenvalue weighted by molar-refractivity contribution is 0.412. The van der Waals surface area contributed by atoms with Crippen LogP contribution in [0.25, 0.3) is 0 Å². The van der Waals surface area contributed by atoms with E-state index in [4.69, 9.17) is 22.6 Å². The molecule has 0 aliphatic heterocycles. The highest BCUT2D eigenvalue weighted by Crippen LogP contribution is 2.16. The van der Waals surface area contributed by atoms with Crippen molar-refractivity contribution >= 4 is 22.9 Å². The summed E-state index contributed by atoms with van der Waals surface area (Å²) in [5, 5.41) is 20.3. The van der Waals surface area contributed by atoms with Gasteiger partial charge in [-0.2, -0.15) is 5.26 Å². The number of anilines is 1. The summed E-state index contributed by atoms with van der Waals surface area (Å²) in [5.74, 6) is -1.82. The molecule has 6 heteroatoms. The quantitative estimate of drug-likeness (QED) is 0.368. The Balaban J connectivity index is 2.97. The summed E-state index contributed by atoms with van der Waals surface area (Å²) >= 11 is 4.81. The average Bonchev–Trinajstić information content (AvgIpc) is 2.22. The van der Waals surface area contributed by atoms with E-state index in [1.165, 1.54) is 6.92 Å². The number of aliphatic hydroxyl groups is 1. The minimum Gasteiger partial charge on any atom is -0.511 e. The van der Waals surface area contributed by atoms with Gasteiger partial charge in [-0.15, -0.1) is 0 Å². The maximum atomic E-state index is 13.3. The SMILES string of the molecule is CC(O)=C(C#N)C(=S)Nc1ccc(F)cc1F. The number of hydrogen-bond acceptors (Lipinski definition) is 3. The van der Waals surface area contributed by atoms with Gasteiger partial charge in [0.2, 0.25) is 0 Å². The monoisotopic (exact) mass is 254 g/mol. The van der Waals surface area contributed by atoms with Crippen molar-refractivity contribution in [2.24, 2.45) is 0 Å².